The van der Waals surface area contributed by atoms with Gasteiger partial charge in [0, 0.05) is 29.8 Å². The van der Waals surface area contributed by atoms with E-state index in [-0.39, 0.29) is 11.4 Å². The van der Waals surface area contributed by atoms with Gasteiger partial charge in [0.25, 0.3) is 0 Å². The Morgan fingerprint density at radius 1 is 1.14 bits per heavy atom. The number of fused-ring (bicyclic) bond motifs is 3. The molecule has 0 bridgehead atoms. The van der Waals surface area contributed by atoms with E-state index in [0.717, 1.165) is 51.6 Å². The van der Waals surface area contributed by atoms with Crippen molar-refractivity contribution in [2.45, 2.75) is 38.1 Å². The van der Waals surface area contributed by atoms with Crippen molar-refractivity contribution in [3.63, 3.8) is 0 Å². The van der Waals surface area contributed by atoms with Crippen molar-refractivity contribution in [2.75, 3.05) is 19.4 Å². The van der Waals surface area contributed by atoms with Gasteiger partial charge in [0.1, 0.15) is 5.15 Å². The van der Waals surface area contributed by atoms with Gasteiger partial charge in [-0.05, 0) is 69.6 Å². The zero-order valence-corrected chi connectivity index (χ0v) is 21.4. The number of hydrogen-bond acceptors (Lipinski definition) is 6. The summed E-state index contributed by atoms with van der Waals surface area (Å²) >= 11 is 7.55. The summed E-state index contributed by atoms with van der Waals surface area (Å²) in [5.41, 5.74) is 7.51. The summed E-state index contributed by atoms with van der Waals surface area (Å²) in [7, 11) is 4.30. The first kappa shape index (κ1) is 22.4. The van der Waals surface area contributed by atoms with E-state index in [1.807, 2.05) is 10.7 Å². The van der Waals surface area contributed by atoms with Gasteiger partial charge in [-0.2, -0.15) is 5.10 Å². The molecule has 9 heteroatoms. The average Bonchev–Trinajstić information content (AvgIpc) is 3.42. The molecule has 4 aromatic rings. The van der Waals surface area contributed by atoms with Crippen molar-refractivity contribution >= 4 is 34.0 Å². The van der Waals surface area contributed by atoms with E-state index in [0.29, 0.717) is 10.3 Å². The molecular formula is C26H25ClN6OS. The number of hydrogen-bond donors (Lipinski definition) is 1. The average molecular weight is 505 g/mol. The predicted octanol–water partition coefficient (Wildman–Crippen LogP) is 5.32. The molecule has 1 saturated carbocycles. The maximum atomic E-state index is 11.7. The van der Waals surface area contributed by atoms with Gasteiger partial charge in [0.05, 0.1) is 27.6 Å². The van der Waals surface area contributed by atoms with E-state index in [4.69, 9.17) is 21.7 Å². The van der Waals surface area contributed by atoms with E-state index >= 15 is 0 Å². The van der Waals surface area contributed by atoms with E-state index < -0.39 is 0 Å². The molecule has 178 valence electrons. The Morgan fingerprint density at radius 2 is 1.91 bits per heavy atom. The van der Waals surface area contributed by atoms with Crippen LogP contribution < -0.4 is 5.32 Å². The second kappa shape index (κ2) is 8.26. The smallest absolute Gasteiger partial charge is 0.223 e. The van der Waals surface area contributed by atoms with Gasteiger partial charge in [-0.25, -0.2) is 14.6 Å². The van der Waals surface area contributed by atoms with Crippen LogP contribution in [0.1, 0.15) is 36.6 Å². The number of anilines is 1. The first-order valence-electron chi connectivity index (χ1n) is 11.7. The molecule has 1 aromatic carbocycles. The summed E-state index contributed by atoms with van der Waals surface area (Å²) in [5, 5.41) is 9.01. The number of aromatic nitrogens is 4. The summed E-state index contributed by atoms with van der Waals surface area (Å²) in [6, 6.07) is 12.5. The highest BCUT2D eigenvalue weighted by Gasteiger charge is 2.46. The highest BCUT2D eigenvalue weighted by atomic mass is 35.5. The van der Waals surface area contributed by atoms with Crippen LogP contribution in [0.15, 0.2) is 42.6 Å². The van der Waals surface area contributed by atoms with Crippen molar-refractivity contribution in [2.24, 2.45) is 0 Å². The molecule has 2 aliphatic carbocycles. The molecule has 7 nitrogen and oxygen atoms in total. The molecule has 0 aliphatic heterocycles. The lowest BCUT2D eigenvalue weighted by molar-refractivity contribution is -0.114. The maximum absolute atomic E-state index is 11.7. The van der Waals surface area contributed by atoms with Crippen LogP contribution in [0.5, 0.6) is 0 Å². The third kappa shape index (κ3) is 3.76. The van der Waals surface area contributed by atoms with Crippen LogP contribution in [0.25, 0.3) is 27.5 Å². The molecule has 2 aliphatic rings. The van der Waals surface area contributed by atoms with E-state index in [9.17, 15) is 4.79 Å². The number of carbonyl (C=O) groups is 1. The van der Waals surface area contributed by atoms with Gasteiger partial charge in [-0.15, -0.1) is 0 Å². The van der Waals surface area contributed by atoms with Crippen LogP contribution in [0.3, 0.4) is 0 Å². The lowest BCUT2D eigenvalue weighted by Gasteiger charge is -2.24. The van der Waals surface area contributed by atoms with Crippen LogP contribution in [-0.2, 0) is 23.2 Å². The van der Waals surface area contributed by atoms with Crippen LogP contribution in [-0.4, -0.2) is 44.7 Å². The number of rotatable bonds is 5. The molecule has 35 heavy (non-hydrogen) atoms. The van der Waals surface area contributed by atoms with Gasteiger partial charge in [-0.1, -0.05) is 35.1 Å². The van der Waals surface area contributed by atoms with Crippen molar-refractivity contribution in [1.29, 1.82) is 0 Å². The summed E-state index contributed by atoms with van der Waals surface area (Å²) in [6.45, 7) is 1.50. The maximum Gasteiger partial charge on any atom is 0.223 e. The standard InChI is InChI=1S/C26H25ClN6OS/c1-15(34)29-25-30-20-10-9-19-22(16-4-11-21(27)28-14-16)31-33(23(19)24(20)35-25)18-7-5-17(6-8-18)26(12-13-26)32(2)3/h4-8,11,14H,9-10,12-13H2,1-3H3,(H,29,30,34). The Balaban J connectivity index is 1.50. The molecule has 3 aromatic heterocycles. The van der Waals surface area contributed by atoms with Gasteiger partial charge >= 0.3 is 0 Å². The number of benzene rings is 1. The summed E-state index contributed by atoms with van der Waals surface area (Å²) < 4.78 is 2.02. The molecule has 0 unspecified atom stereocenters. The zero-order chi connectivity index (χ0) is 24.3. The van der Waals surface area contributed by atoms with Crippen LogP contribution >= 0.6 is 22.9 Å². The zero-order valence-electron chi connectivity index (χ0n) is 19.8. The third-order valence-corrected chi connectivity index (χ3v) is 8.26. The van der Waals surface area contributed by atoms with Gasteiger partial charge < -0.3 is 5.32 Å². The summed E-state index contributed by atoms with van der Waals surface area (Å²) in [5.74, 6) is -0.122. The molecule has 0 saturated heterocycles. The van der Waals surface area contributed by atoms with Gasteiger partial charge in [0.2, 0.25) is 5.91 Å². The Labute approximate surface area is 212 Å². The van der Waals surface area contributed by atoms with E-state index in [1.54, 1.807) is 12.3 Å². The Kier molecular flexibility index (Phi) is 5.28. The molecule has 0 atom stereocenters. The Morgan fingerprint density at radius 3 is 2.54 bits per heavy atom. The number of carbonyl (C=O) groups excluding carboxylic acids is 1. The van der Waals surface area contributed by atoms with Crippen LogP contribution in [0.4, 0.5) is 5.13 Å². The number of thiazole rings is 1. The quantitative estimate of drug-likeness (QED) is 0.372. The SMILES string of the molecule is CC(=O)Nc1nc2c(s1)-c1c(c(-c3ccc(Cl)nc3)nn1-c1ccc(C3(N(C)C)CC3)cc1)CC2. The number of aryl methyl sites for hydroxylation is 1. The fourth-order valence-corrected chi connectivity index (χ4v) is 6.26. The van der Waals surface area contributed by atoms with Gasteiger partial charge in [-0.3, -0.25) is 9.69 Å². The molecule has 0 spiro atoms. The van der Waals surface area contributed by atoms with Gasteiger partial charge in [0.15, 0.2) is 5.13 Å². The minimum absolute atomic E-state index is 0.122. The topological polar surface area (TPSA) is 75.9 Å². The van der Waals surface area contributed by atoms with Crippen molar-refractivity contribution < 1.29 is 4.79 Å². The summed E-state index contributed by atoms with van der Waals surface area (Å²) in [6.07, 6.45) is 5.74. The minimum atomic E-state index is -0.122. The molecule has 0 radical (unpaired) electrons. The molecule has 6 rings (SSSR count). The predicted molar refractivity (Wildman–Crippen MR) is 139 cm³/mol. The highest BCUT2D eigenvalue weighted by molar-refractivity contribution is 7.19. The normalized spacial score (nSPS) is 15.6. The molecule has 1 fully saturated rings. The fraction of sp³-hybridized carbons (Fsp3) is 0.308. The number of pyridine rings is 1. The lowest BCUT2D eigenvalue weighted by atomic mass is 9.95. The minimum Gasteiger partial charge on any atom is -0.302 e. The number of nitrogens with zero attached hydrogens (tertiary/aromatic N) is 5. The van der Waals surface area contributed by atoms with Crippen molar-refractivity contribution in [1.82, 2.24) is 24.6 Å². The first-order valence-corrected chi connectivity index (χ1v) is 12.8. The third-order valence-electron chi connectivity index (χ3n) is 7.02. The largest absolute Gasteiger partial charge is 0.302 e. The number of nitrogens with one attached hydrogen (secondary N) is 1. The van der Waals surface area contributed by atoms with Crippen molar-refractivity contribution in [3.05, 3.63) is 64.6 Å². The molecular weight excluding hydrogens is 480 g/mol. The van der Waals surface area contributed by atoms with Crippen LogP contribution in [0.2, 0.25) is 5.15 Å². The molecule has 3 heterocycles. The van der Waals surface area contributed by atoms with E-state index in [2.05, 4.69) is 53.6 Å². The van der Waals surface area contributed by atoms with E-state index in [1.165, 1.54) is 36.7 Å². The lowest BCUT2D eigenvalue weighted by Crippen LogP contribution is -2.27. The first-order chi connectivity index (χ1) is 16.9. The Bertz CT molecular complexity index is 1430. The van der Waals surface area contributed by atoms with Crippen molar-refractivity contribution in [3.8, 4) is 27.5 Å². The molecule has 1 N–H and O–H groups in total. The fourth-order valence-electron chi connectivity index (χ4n) is 5.03. The molecule has 1 amide bonds. The second-order valence-corrected chi connectivity index (χ2v) is 10.8. The number of halogens is 1. The Hall–Kier alpha value is -3.07. The monoisotopic (exact) mass is 504 g/mol. The number of amides is 1. The van der Waals surface area contributed by atoms with Crippen LogP contribution in [0, 0.1) is 0 Å². The summed E-state index contributed by atoms with van der Waals surface area (Å²) in [4.78, 5) is 24.0. The second-order valence-electron chi connectivity index (χ2n) is 9.41. The highest BCUT2D eigenvalue weighted by Crippen LogP contribution is 2.50.